The molecule has 1 aromatic rings. The molecule has 1 spiro atoms. The zero-order valence-corrected chi connectivity index (χ0v) is 26.1. The van der Waals surface area contributed by atoms with Gasteiger partial charge in [0.05, 0.1) is 48.8 Å². The predicted molar refractivity (Wildman–Crippen MR) is 151 cm³/mol. The van der Waals surface area contributed by atoms with E-state index in [4.69, 9.17) is 23.4 Å². The standard InChI is InChI=1S/C33H44O11/c1-7-15(2)27(39)43-28-29(4)19-11-20(35)31(6)25(32(19,14-41-28)21(36)12-22(29)42-16(3)34)24(37)26(38)30(5)18(17-8-9-40-13-17)10-23-33(30,31)44-23/h8-9,13,15,18-23,25-26,28,35-36,38H,7,10-12,14H2,1-6H3/t15?,18-,19-,20+,21-,22+,23+,25-,26-,28?,29+,30+,31+,32+,33+/m0/s1. The lowest BCUT2D eigenvalue weighted by atomic mass is 9.33. The predicted octanol–water partition coefficient (Wildman–Crippen LogP) is 2.49. The van der Waals surface area contributed by atoms with Gasteiger partial charge in [-0.05, 0) is 43.7 Å². The van der Waals surface area contributed by atoms with E-state index in [1.807, 2.05) is 26.8 Å². The molecule has 6 aliphatic rings. The van der Waals surface area contributed by atoms with Crippen molar-refractivity contribution in [2.75, 3.05) is 6.61 Å². The number of Topliss-reactive ketones (excluding diaryl/α,β-unsaturated/α-hetero) is 1. The van der Waals surface area contributed by atoms with Gasteiger partial charge in [-0.25, -0.2) is 0 Å². The maximum atomic E-state index is 14.8. The summed E-state index contributed by atoms with van der Waals surface area (Å²) in [5.74, 6) is -3.89. The Kier molecular flexibility index (Phi) is 6.47. The molecular weight excluding hydrogens is 572 g/mol. The highest BCUT2D eigenvalue weighted by atomic mass is 16.7. The van der Waals surface area contributed by atoms with Crippen molar-refractivity contribution in [1.82, 2.24) is 0 Å². The van der Waals surface area contributed by atoms with Crippen molar-refractivity contribution in [2.45, 2.75) is 116 Å². The molecule has 2 unspecified atom stereocenters. The van der Waals surface area contributed by atoms with E-state index in [-0.39, 0.29) is 31.5 Å². The molecule has 7 rings (SSSR count). The minimum Gasteiger partial charge on any atom is -0.472 e. The number of ether oxygens (including phenoxy) is 4. The van der Waals surface area contributed by atoms with Gasteiger partial charge in [-0.15, -0.1) is 0 Å². The number of carbonyl (C=O) groups excluding carboxylic acids is 3. The molecule has 3 heterocycles. The third kappa shape index (κ3) is 3.23. The molecule has 2 aliphatic heterocycles. The van der Waals surface area contributed by atoms with Crippen LogP contribution in [0, 0.1) is 39.4 Å². The summed E-state index contributed by atoms with van der Waals surface area (Å²) in [5, 5.41) is 36.5. The minimum atomic E-state index is -1.46. The molecule has 1 aromatic heterocycles. The highest BCUT2D eigenvalue weighted by Gasteiger charge is 2.92. The number of carbonyl (C=O) groups is 3. The van der Waals surface area contributed by atoms with Crippen LogP contribution in [0.2, 0.25) is 0 Å². The summed E-state index contributed by atoms with van der Waals surface area (Å²) in [7, 11) is 0. The quantitative estimate of drug-likeness (QED) is 0.329. The summed E-state index contributed by atoms with van der Waals surface area (Å²) in [4.78, 5) is 40.2. The van der Waals surface area contributed by atoms with Gasteiger partial charge in [0.15, 0.2) is 5.78 Å². The maximum absolute atomic E-state index is 14.8. The molecule has 4 saturated carbocycles. The third-order valence-corrected chi connectivity index (χ3v) is 13.5. The Hall–Kier alpha value is -2.31. The Morgan fingerprint density at radius 2 is 1.80 bits per heavy atom. The first-order chi connectivity index (χ1) is 20.7. The van der Waals surface area contributed by atoms with Crippen LogP contribution in [0.1, 0.15) is 78.7 Å². The number of hydrogen-bond acceptors (Lipinski definition) is 11. The lowest BCUT2D eigenvalue weighted by Gasteiger charge is -2.73. The smallest absolute Gasteiger partial charge is 0.310 e. The Morgan fingerprint density at radius 3 is 2.43 bits per heavy atom. The van der Waals surface area contributed by atoms with Gasteiger partial charge >= 0.3 is 11.9 Å². The van der Waals surface area contributed by atoms with E-state index >= 15 is 0 Å². The van der Waals surface area contributed by atoms with Crippen LogP contribution in [0.15, 0.2) is 23.0 Å². The number of furan rings is 1. The molecule has 0 aromatic carbocycles. The summed E-state index contributed by atoms with van der Waals surface area (Å²) in [6, 6.07) is 1.84. The largest absolute Gasteiger partial charge is 0.472 e. The molecule has 15 atom stereocenters. The lowest BCUT2D eigenvalue weighted by Crippen LogP contribution is -2.82. The molecule has 3 N–H and O–H groups in total. The fourth-order valence-corrected chi connectivity index (χ4v) is 11.2. The van der Waals surface area contributed by atoms with Crippen molar-refractivity contribution in [2.24, 2.45) is 39.4 Å². The second-order valence-corrected chi connectivity index (χ2v) is 15.0. The van der Waals surface area contributed by atoms with E-state index in [9.17, 15) is 29.7 Å². The van der Waals surface area contributed by atoms with Crippen LogP contribution in [-0.4, -0.2) is 82.1 Å². The molecule has 6 fully saturated rings. The summed E-state index contributed by atoms with van der Waals surface area (Å²) in [6.07, 6.45) is -1.74. The SMILES string of the molecule is CCC(C)C(=O)OC1OC[C@@]23[C@H]4C(=O)[C@H](O)[C@@]5(C)[C@H](c6ccoc6)C[C@H]6O[C@]65[C@]4(C)[C@H](O)C[C@H]2[C@]1(C)[C@H](OC(C)=O)C[C@@H]3O. The van der Waals surface area contributed by atoms with Crippen molar-refractivity contribution in [1.29, 1.82) is 0 Å². The zero-order valence-electron chi connectivity index (χ0n) is 26.1. The van der Waals surface area contributed by atoms with Crippen molar-refractivity contribution in [3.63, 3.8) is 0 Å². The van der Waals surface area contributed by atoms with E-state index in [0.717, 1.165) is 5.56 Å². The fourth-order valence-electron chi connectivity index (χ4n) is 11.2. The molecule has 44 heavy (non-hydrogen) atoms. The molecule has 2 saturated heterocycles. The van der Waals surface area contributed by atoms with Gasteiger partial charge in [-0.2, -0.15) is 0 Å². The van der Waals surface area contributed by atoms with Crippen LogP contribution in [0.3, 0.4) is 0 Å². The zero-order chi connectivity index (χ0) is 31.8. The number of aliphatic hydroxyl groups excluding tert-OH is 3. The molecule has 242 valence electrons. The van der Waals surface area contributed by atoms with Gasteiger partial charge < -0.3 is 38.7 Å². The van der Waals surface area contributed by atoms with Gasteiger partial charge in [0.25, 0.3) is 0 Å². The number of ketones is 1. The highest BCUT2D eigenvalue weighted by molar-refractivity contribution is 5.91. The average Bonchev–Trinajstić information content (AvgIpc) is 3.33. The first-order valence-electron chi connectivity index (χ1n) is 15.9. The van der Waals surface area contributed by atoms with Crippen LogP contribution < -0.4 is 0 Å². The van der Waals surface area contributed by atoms with E-state index in [1.54, 1.807) is 26.4 Å². The van der Waals surface area contributed by atoms with Crippen molar-refractivity contribution < 1.29 is 53.1 Å². The number of esters is 2. The third-order valence-electron chi connectivity index (χ3n) is 13.5. The topological polar surface area (TPSA) is 165 Å². The Morgan fingerprint density at radius 1 is 1.07 bits per heavy atom. The molecule has 0 amide bonds. The number of aliphatic hydroxyl groups is 3. The number of hydrogen-bond donors (Lipinski definition) is 3. The number of rotatable bonds is 5. The normalized spacial score (nSPS) is 52.6. The summed E-state index contributed by atoms with van der Waals surface area (Å²) < 4.78 is 30.0. The number of fused-ring (bicyclic) bond motifs is 1. The van der Waals surface area contributed by atoms with Gasteiger partial charge in [0.2, 0.25) is 6.29 Å². The molecule has 11 heteroatoms. The van der Waals surface area contributed by atoms with E-state index in [0.29, 0.717) is 12.8 Å². The van der Waals surface area contributed by atoms with E-state index < -0.39 is 93.4 Å². The van der Waals surface area contributed by atoms with Crippen LogP contribution in [0.4, 0.5) is 0 Å². The summed E-state index contributed by atoms with van der Waals surface area (Å²) in [5.41, 5.74) is -4.95. The second-order valence-electron chi connectivity index (χ2n) is 15.0. The van der Waals surface area contributed by atoms with Crippen molar-refractivity contribution >= 4 is 17.7 Å². The van der Waals surface area contributed by atoms with Gasteiger partial charge in [-0.1, -0.05) is 27.7 Å². The monoisotopic (exact) mass is 616 g/mol. The second kappa shape index (κ2) is 9.37. The van der Waals surface area contributed by atoms with Crippen LogP contribution >= 0.6 is 0 Å². The maximum Gasteiger partial charge on any atom is 0.310 e. The van der Waals surface area contributed by atoms with Crippen LogP contribution in [-0.2, 0) is 33.3 Å². The average molecular weight is 617 g/mol. The van der Waals surface area contributed by atoms with Crippen molar-refractivity contribution in [3.8, 4) is 0 Å². The fraction of sp³-hybridized carbons (Fsp3) is 0.788. The Labute approximate surface area is 256 Å². The van der Waals surface area contributed by atoms with Gasteiger partial charge in [-0.3, -0.25) is 14.4 Å². The highest BCUT2D eigenvalue weighted by Crippen LogP contribution is 2.82. The van der Waals surface area contributed by atoms with E-state index in [1.165, 1.54) is 6.92 Å². The Balaban J connectivity index is 1.37. The molecule has 11 nitrogen and oxygen atoms in total. The Bertz CT molecular complexity index is 1380. The summed E-state index contributed by atoms with van der Waals surface area (Å²) >= 11 is 0. The first kappa shape index (κ1) is 30.3. The van der Waals surface area contributed by atoms with Crippen LogP contribution in [0.5, 0.6) is 0 Å². The molecule has 0 radical (unpaired) electrons. The molecule has 4 aliphatic carbocycles. The van der Waals surface area contributed by atoms with Gasteiger partial charge in [0, 0.05) is 41.4 Å². The summed E-state index contributed by atoms with van der Waals surface area (Å²) in [6.45, 7) is 10.3. The molecule has 2 bridgehead atoms. The van der Waals surface area contributed by atoms with Crippen molar-refractivity contribution in [3.05, 3.63) is 24.2 Å². The van der Waals surface area contributed by atoms with Crippen LogP contribution in [0.25, 0.3) is 0 Å². The lowest BCUT2D eigenvalue weighted by molar-refractivity contribution is -0.374. The van der Waals surface area contributed by atoms with Gasteiger partial charge in [0.1, 0.15) is 17.8 Å². The minimum absolute atomic E-state index is 0.0223. The first-order valence-corrected chi connectivity index (χ1v) is 15.9. The van der Waals surface area contributed by atoms with E-state index in [2.05, 4.69) is 0 Å². The number of epoxide rings is 1. The molecular formula is C33H44O11.